The van der Waals surface area contributed by atoms with E-state index in [-0.39, 0.29) is 9.79 Å². The lowest BCUT2D eigenvalue weighted by molar-refractivity contribution is 0.596. The zero-order valence-electron chi connectivity index (χ0n) is 15.5. The summed E-state index contributed by atoms with van der Waals surface area (Å²) in [5, 5.41) is 4.12. The SMILES string of the molecule is CCc1ccc2ncc(S(=O)(=O)c3ccccc3)c(Nc3ccccc3)c2c1. The fraction of sp³-hybridized carbons (Fsp3) is 0.0870. The van der Waals surface area contributed by atoms with Gasteiger partial charge in [0.1, 0.15) is 4.90 Å². The minimum atomic E-state index is -3.73. The van der Waals surface area contributed by atoms with Crippen LogP contribution in [-0.4, -0.2) is 13.4 Å². The van der Waals surface area contributed by atoms with E-state index in [4.69, 9.17) is 0 Å². The van der Waals surface area contributed by atoms with Gasteiger partial charge in [-0.05, 0) is 48.4 Å². The smallest absolute Gasteiger partial charge is 0.210 e. The Morgan fingerprint density at radius 2 is 1.57 bits per heavy atom. The molecule has 4 nitrogen and oxygen atoms in total. The summed E-state index contributed by atoms with van der Waals surface area (Å²) in [6.45, 7) is 2.07. The van der Waals surface area contributed by atoms with Gasteiger partial charge in [0, 0.05) is 17.3 Å². The number of anilines is 2. The van der Waals surface area contributed by atoms with Crippen molar-refractivity contribution in [2.45, 2.75) is 23.1 Å². The molecule has 140 valence electrons. The summed E-state index contributed by atoms with van der Waals surface area (Å²) in [6, 6.07) is 24.0. The summed E-state index contributed by atoms with van der Waals surface area (Å²) >= 11 is 0. The van der Waals surface area contributed by atoms with E-state index in [2.05, 4.69) is 17.2 Å². The highest BCUT2D eigenvalue weighted by molar-refractivity contribution is 7.91. The van der Waals surface area contributed by atoms with E-state index < -0.39 is 9.84 Å². The van der Waals surface area contributed by atoms with Crippen molar-refractivity contribution in [3.8, 4) is 0 Å². The standard InChI is InChI=1S/C23H20N2O2S/c1-2-17-13-14-21-20(15-17)23(25-18-9-5-3-6-10-18)22(16-24-21)28(26,27)19-11-7-4-8-12-19/h3-16H,2H2,1H3,(H,24,25). The first kappa shape index (κ1) is 18.2. The molecule has 0 unspecified atom stereocenters. The van der Waals surface area contributed by atoms with Gasteiger partial charge in [0.25, 0.3) is 0 Å². The second kappa shape index (κ2) is 7.44. The van der Waals surface area contributed by atoms with Gasteiger partial charge in [-0.3, -0.25) is 4.98 Å². The lowest BCUT2D eigenvalue weighted by atomic mass is 10.1. The maximum Gasteiger partial charge on any atom is 0.210 e. The number of hydrogen-bond donors (Lipinski definition) is 1. The third kappa shape index (κ3) is 3.37. The van der Waals surface area contributed by atoms with Crippen LogP contribution in [0, 0.1) is 0 Å². The first-order valence-electron chi connectivity index (χ1n) is 9.13. The molecule has 0 aliphatic heterocycles. The largest absolute Gasteiger partial charge is 0.354 e. The topological polar surface area (TPSA) is 59.1 Å². The number of para-hydroxylation sites is 1. The van der Waals surface area contributed by atoms with Crippen LogP contribution in [0.2, 0.25) is 0 Å². The molecule has 0 radical (unpaired) electrons. The predicted molar refractivity (Wildman–Crippen MR) is 113 cm³/mol. The molecule has 0 spiro atoms. The zero-order valence-corrected chi connectivity index (χ0v) is 16.3. The molecule has 0 saturated carbocycles. The predicted octanol–water partition coefficient (Wildman–Crippen LogP) is 5.37. The minimum absolute atomic E-state index is 0.170. The molecule has 5 heteroatoms. The highest BCUT2D eigenvalue weighted by Crippen LogP contribution is 2.35. The molecule has 0 aliphatic carbocycles. The average molecular weight is 388 g/mol. The number of hydrogen-bond acceptors (Lipinski definition) is 4. The number of benzene rings is 3. The fourth-order valence-corrected chi connectivity index (χ4v) is 4.56. The molecule has 0 saturated heterocycles. The van der Waals surface area contributed by atoms with Crippen molar-refractivity contribution in [1.29, 1.82) is 0 Å². The Morgan fingerprint density at radius 1 is 0.893 bits per heavy atom. The van der Waals surface area contributed by atoms with E-state index in [0.717, 1.165) is 28.6 Å². The molecular formula is C23H20N2O2S. The molecule has 28 heavy (non-hydrogen) atoms. The lowest BCUT2D eigenvalue weighted by Gasteiger charge is -2.16. The van der Waals surface area contributed by atoms with Gasteiger partial charge in [0.15, 0.2) is 0 Å². The maximum atomic E-state index is 13.4. The van der Waals surface area contributed by atoms with Crippen molar-refractivity contribution in [3.63, 3.8) is 0 Å². The average Bonchev–Trinajstić information content (AvgIpc) is 2.75. The third-order valence-corrected chi connectivity index (χ3v) is 6.47. The van der Waals surface area contributed by atoms with E-state index in [9.17, 15) is 8.42 Å². The molecule has 1 N–H and O–H groups in total. The van der Waals surface area contributed by atoms with Crippen LogP contribution in [0.1, 0.15) is 12.5 Å². The van der Waals surface area contributed by atoms with Crippen LogP contribution < -0.4 is 5.32 Å². The van der Waals surface area contributed by atoms with Crippen molar-refractivity contribution < 1.29 is 8.42 Å². The number of nitrogens with zero attached hydrogens (tertiary/aromatic N) is 1. The minimum Gasteiger partial charge on any atom is -0.354 e. The van der Waals surface area contributed by atoms with Gasteiger partial charge in [-0.1, -0.05) is 49.4 Å². The van der Waals surface area contributed by atoms with Crippen LogP contribution in [0.4, 0.5) is 11.4 Å². The van der Waals surface area contributed by atoms with E-state index in [1.54, 1.807) is 30.3 Å². The second-order valence-corrected chi connectivity index (χ2v) is 8.43. The fourth-order valence-electron chi connectivity index (χ4n) is 3.17. The van der Waals surface area contributed by atoms with Crippen molar-refractivity contribution in [1.82, 2.24) is 4.98 Å². The Morgan fingerprint density at radius 3 is 2.25 bits per heavy atom. The number of nitrogens with one attached hydrogen (secondary N) is 1. The number of rotatable bonds is 5. The van der Waals surface area contributed by atoms with Gasteiger partial charge in [0.2, 0.25) is 9.84 Å². The summed E-state index contributed by atoms with van der Waals surface area (Å²) in [5.74, 6) is 0. The molecule has 0 atom stereocenters. The maximum absolute atomic E-state index is 13.4. The van der Waals surface area contributed by atoms with Crippen LogP contribution in [0.25, 0.3) is 10.9 Å². The van der Waals surface area contributed by atoms with Crippen LogP contribution >= 0.6 is 0 Å². The van der Waals surface area contributed by atoms with Crippen molar-refractivity contribution in [2.75, 3.05) is 5.32 Å². The Hall–Kier alpha value is -3.18. The molecule has 0 fully saturated rings. The summed E-state index contributed by atoms with van der Waals surface area (Å²) in [7, 11) is -3.73. The normalized spacial score (nSPS) is 11.5. The zero-order chi connectivity index (χ0) is 19.6. The number of aryl methyl sites for hydroxylation is 1. The van der Waals surface area contributed by atoms with E-state index in [1.165, 1.54) is 6.20 Å². The molecule has 0 amide bonds. The first-order chi connectivity index (χ1) is 13.6. The van der Waals surface area contributed by atoms with E-state index in [0.29, 0.717) is 5.69 Å². The molecule has 1 heterocycles. The highest BCUT2D eigenvalue weighted by atomic mass is 32.2. The van der Waals surface area contributed by atoms with Crippen molar-refractivity contribution in [2.24, 2.45) is 0 Å². The van der Waals surface area contributed by atoms with Gasteiger partial charge in [-0.25, -0.2) is 8.42 Å². The molecule has 4 aromatic rings. The van der Waals surface area contributed by atoms with Crippen molar-refractivity contribution >= 4 is 32.1 Å². The molecular weight excluding hydrogens is 368 g/mol. The van der Waals surface area contributed by atoms with Crippen LogP contribution in [0.5, 0.6) is 0 Å². The quantitative estimate of drug-likeness (QED) is 0.499. The third-order valence-electron chi connectivity index (χ3n) is 4.69. The molecule has 1 aromatic heterocycles. The Balaban J connectivity index is 1.99. The lowest BCUT2D eigenvalue weighted by Crippen LogP contribution is -2.07. The van der Waals surface area contributed by atoms with E-state index >= 15 is 0 Å². The second-order valence-electron chi connectivity index (χ2n) is 6.51. The first-order valence-corrected chi connectivity index (χ1v) is 10.6. The summed E-state index contributed by atoms with van der Waals surface area (Å²) in [5.41, 5.74) is 3.25. The van der Waals surface area contributed by atoms with Gasteiger partial charge in [-0.2, -0.15) is 0 Å². The molecule has 0 bridgehead atoms. The Labute approximate surface area is 164 Å². The van der Waals surface area contributed by atoms with Gasteiger partial charge < -0.3 is 5.32 Å². The number of fused-ring (bicyclic) bond motifs is 1. The van der Waals surface area contributed by atoms with Crippen LogP contribution in [0.15, 0.2) is 94.9 Å². The van der Waals surface area contributed by atoms with E-state index in [1.807, 2.05) is 48.5 Å². The van der Waals surface area contributed by atoms with Gasteiger partial charge in [0.05, 0.1) is 16.1 Å². The van der Waals surface area contributed by atoms with Gasteiger partial charge in [-0.15, -0.1) is 0 Å². The van der Waals surface area contributed by atoms with Crippen molar-refractivity contribution in [3.05, 3.63) is 90.6 Å². The number of aromatic nitrogens is 1. The Kier molecular flexibility index (Phi) is 4.84. The molecule has 4 rings (SSSR count). The summed E-state index contributed by atoms with van der Waals surface area (Å²) < 4.78 is 26.7. The number of sulfone groups is 1. The number of pyridine rings is 1. The molecule has 3 aromatic carbocycles. The van der Waals surface area contributed by atoms with Crippen LogP contribution in [-0.2, 0) is 16.3 Å². The highest BCUT2D eigenvalue weighted by Gasteiger charge is 2.24. The summed E-state index contributed by atoms with van der Waals surface area (Å²) in [6.07, 6.45) is 2.30. The summed E-state index contributed by atoms with van der Waals surface area (Å²) in [4.78, 5) is 4.85. The monoisotopic (exact) mass is 388 g/mol. The van der Waals surface area contributed by atoms with Crippen LogP contribution in [0.3, 0.4) is 0 Å². The molecule has 0 aliphatic rings. The van der Waals surface area contributed by atoms with Gasteiger partial charge >= 0.3 is 0 Å². The Bertz CT molecular complexity index is 1220.